The number of imidazole rings is 1. The van der Waals surface area contributed by atoms with E-state index in [2.05, 4.69) is 15.3 Å². The molecule has 6 heteroatoms. The highest BCUT2D eigenvalue weighted by Crippen LogP contribution is 2.28. The number of anilines is 2. The Balaban J connectivity index is 2.30. The van der Waals surface area contributed by atoms with Gasteiger partial charge in [0.1, 0.15) is 0 Å². The number of nitrogens with zero attached hydrogens (tertiary/aromatic N) is 1. The van der Waals surface area contributed by atoms with Crippen LogP contribution in [0.2, 0.25) is 10.0 Å². The molecule has 0 aliphatic carbocycles. The average molecular weight is 246 g/mol. The molecule has 1 heterocycles. The topological polar surface area (TPSA) is 40.7 Å². The molecule has 15 heavy (non-hydrogen) atoms. The molecule has 0 radical (unpaired) electrons. The second-order valence-electron chi connectivity index (χ2n) is 2.82. The van der Waals surface area contributed by atoms with Crippen molar-refractivity contribution in [3.63, 3.8) is 0 Å². The number of benzene rings is 1. The fourth-order valence-electron chi connectivity index (χ4n) is 1.10. The molecule has 0 unspecified atom stereocenters. The molecule has 1 aromatic carbocycles. The molecule has 0 aliphatic heterocycles. The van der Waals surface area contributed by atoms with Gasteiger partial charge in [0.25, 0.3) is 0 Å². The number of halogens is 3. The lowest BCUT2D eigenvalue weighted by Crippen LogP contribution is -1.93. The number of nitrogens with one attached hydrogen (secondary N) is 2. The predicted octanol–water partition coefficient (Wildman–Crippen LogP) is 3.60. The fourth-order valence-corrected chi connectivity index (χ4v) is 1.59. The van der Waals surface area contributed by atoms with Gasteiger partial charge in [-0.15, -0.1) is 0 Å². The molecule has 0 amide bonds. The Labute approximate surface area is 95.2 Å². The summed E-state index contributed by atoms with van der Waals surface area (Å²) in [7, 11) is 0. The van der Waals surface area contributed by atoms with Crippen molar-refractivity contribution in [1.82, 2.24) is 9.97 Å². The van der Waals surface area contributed by atoms with Crippen molar-refractivity contribution in [2.75, 3.05) is 5.32 Å². The van der Waals surface area contributed by atoms with E-state index in [-0.39, 0.29) is 10.0 Å². The van der Waals surface area contributed by atoms with E-state index in [9.17, 15) is 4.39 Å². The van der Waals surface area contributed by atoms with Gasteiger partial charge in [0.15, 0.2) is 5.82 Å². The molecule has 2 N–H and O–H groups in total. The largest absolute Gasteiger partial charge is 0.331 e. The SMILES string of the molecule is Fc1c(Cl)cc(Nc2ncc[nH]2)cc1Cl. The summed E-state index contributed by atoms with van der Waals surface area (Å²) < 4.78 is 13.1. The summed E-state index contributed by atoms with van der Waals surface area (Å²) in [6.45, 7) is 0. The fraction of sp³-hybridized carbons (Fsp3) is 0. The van der Waals surface area contributed by atoms with E-state index in [1.807, 2.05) is 0 Å². The lowest BCUT2D eigenvalue weighted by molar-refractivity contribution is 0.629. The van der Waals surface area contributed by atoms with Crippen LogP contribution in [0, 0.1) is 5.82 Å². The standard InChI is InChI=1S/C9H6Cl2FN3/c10-6-3-5(4-7(11)8(6)12)15-9-13-1-2-14-9/h1-4H,(H2,13,14,15). The third kappa shape index (κ3) is 2.22. The Kier molecular flexibility index (Phi) is 2.79. The summed E-state index contributed by atoms with van der Waals surface area (Å²) in [6.07, 6.45) is 3.25. The quantitative estimate of drug-likeness (QED) is 0.794. The summed E-state index contributed by atoms with van der Waals surface area (Å²) in [4.78, 5) is 6.78. The van der Waals surface area contributed by atoms with Gasteiger partial charge in [-0.25, -0.2) is 9.37 Å². The zero-order valence-electron chi connectivity index (χ0n) is 7.39. The van der Waals surface area contributed by atoms with Crippen LogP contribution in [0.1, 0.15) is 0 Å². The van der Waals surface area contributed by atoms with Gasteiger partial charge < -0.3 is 10.3 Å². The third-order valence-electron chi connectivity index (χ3n) is 1.74. The van der Waals surface area contributed by atoms with Crippen LogP contribution in [0.15, 0.2) is 24.5 Å². The molecule has 2 rings (SSSR count). The van der Waals surface area contributed by atoms with Gasteiger partial charge in [-0.3, -0.25) is 0 Å². The Hall–Kier alpha value is -1.26. The number of aromatic amines is 1. The van der Waals surface area contributed by atoms with Gasteiger partial charge in [-0.05, 0) is 12.1 Å². The highest BCUT2D eigenvalue weighted by molar-refractivity contribution is 6.35. The second-order valence-corrected chi connectivity index (χ2v) is 3.63. The number of hydrogen-bond acceptors (Lipinski definition) is 2. The smallest absolute Gasteiger partial charge is 0.204 e. The molecule has 0 atom stereocenters. The van der Waals surface area contributed by atoms with E-state index in [1.165, 1.54) is 12.1 Å². The first-order valence-corrected chi connectivity index (χ1v) is 4.83. The van der Waals surface area contributed by atoms with Gasteiger partial charge in [-0.2, -0.15) is 0 Å². The molecule has 0 aliphatic rings. The van der Waals surface area contributed by atoms with Crippen LogP contribution in [0.3, 0.4) is 0 Å². The first kappa shape index (κ1) is 10.3. The molecule has 3 nitrogen and oxygen atoms in total. The minimum Gasteiger partial charge on any atom is -0.331 e. The molecule has 0 saturated carbocycles. The summed E-state index contributed by atoms with van der Waals surface area (Å²) >= 11 is 11.3. The second kappa shape index (κ2) is 4.08. The summed E-state index contributed by atoms with van der Waals surface area (Å²) in [5.41, 5.74) is 0.571. The summed E-state index contributed by atoms with van der Waals surface area (Å²) in [5, 5.41) is 2.83. The third-order valence-corrected chi connectivity index (χ3v) is 2.29. The Morgan fingerprint density at radius 2 is 1.93 bits per heavy atom. The molecule has 0 fully saturated rings. The number of hydrogen-bond donors (Lipinski definition) is 2. The van der Waals surface area contributed by atoms with Gasteiger partial charge >= 0.3 is 0 Å². The van der Waals surface area contributed by atoms with E-state index in [0.29, 0.717) is 11.6 Å². The van der Waals surface area contributed by atoms with Crippen molar-refractivity contribution >= 4 is 34.8 Å². The van der Waals surface area contributed by atoms with Crippen LogP contribution in [-0.4, -0.2) is 9.97 Å². The molecule has 0 saturated heterocycles. The van der Waals surface area contributed by atoms with Crippen molar-refractivity contribution in [1.29, 1.82) is 0 Å². The van der Waals surface area contributed by atoms with E-state index in [0.717, 1.165) is 0 Å². The minimum atomic E-state index is -0.622. The zero-order valence-corrected chi connectivity index (χ0v) is 8.90. The number of aromatic nitrogens is 2. The van der Waals surface area contributed by atoms with Crippen LogP contribution < -0.4 is 5.32 Å². The number of H-pyrrole nitrogens is 1. The molecular weight excluding hydrogens is 240 g/mol. The van der Waals surface area contributed by atoms with Crippen molar-refractivity contribution in [3.05, 3.63) is 40.4 Å². The maximum Gasteiger partial charge on any atom is 0.204 e. The van der Waals surface area contributed by atoms with Crippen LogP contribution >= 0.6 is 23.2 Å². The monoisotopic (exact) mass is 245 g/mol. The maximum absolute atomic E-state index is 13.1. The van der Waals surface area contributed by atoms with Crippen molar-refractivity contribution in [3.8, 4) is 0 Å². The lowest BCUT2D eigenvalue weighted by Gasteiger charge is -2.05. The van der Waals surface area contributed by atoms with Gasteiger partial charge in [0.05, 0.1) is 10.0 Å². The van der Waals surface area contributed by atoms with Crippen molar-refractivity contribution in [2.45, 2.75) is 0 Å². The van der Waals surface area contributed by atoms with Gasteiger partial charge in [0, 0.05) is 18.1 Å². The average Bonchev–Trinajstić information content (AvgIpc) is 2.66. The van der Waals surface area contributed by atoms with E-state index < -0.39 is 5.82 Å². The Morgan fingerprint density at radius 3 is 2.47 bits per heavy atom. The highest BCUT2D eigenvalue weighted by atomic mass is 35.5. The van der Waals surface area contributed by atoms with Crippen LogP contribution in [0.5, 0.6) is 0 Å². The van der Waals surface area contributed by atoms with Crippen LogP contribution in [0.4, 0.5) is 16.0 Å². The van der Waals surface area contributed by atoms with Gasteiger partial charge in [-0.1, -0.05) is 23.2 Å². The first-order chi connectivity index (χ1) is 7.16. The highest BCUT2D eigenvalue weighted by Gasteiger charge is 2.07. The van der Waals surface area contributed by atoms with Crippen molar-refractivity contribution in [2.24, 2.45) is 0 Å². The molecule has 78 valence electrons. The minimum absolute atomic E-state index is 0.0310. The van der Waals surface area contributed by atoms with E-state index in [4.69, 9.17) is 23.2 Å². The predicted molar refractivity (Wildman–Crippen MR) is 58.3 cm³/mol. The molecule has 1 aromatic heterocycles. The molecular formula is C9H6Cl2FN3. The summed E-state index contributed by atoms with van der Waals surface area (Å²) in [6, 6.07) is 2.87. The summed E-state index contributed by atoms with van der Waals surface area (Å²) in [5.74, 6) is -0.0860. The molecule has 2 aromatic rings. The van der Waals surface area contributed by atoms with E-state index >= 15 is 0 Å². The Morgan fingerprint density at radius 1 is 1.27 bits per heavy atom. The number of rotatable bonds is 2. The maximum atomic E-state index is 13.1. The van der Waals surface area contributed by atoms with Crippen LogP contribution in [0.25, 0.3) is 0 Å². The van der Waals surface area contributed by atoms with Gasteiger partial charge in [0.2, 0.25) is 5.95 Å². The van der Waals surface area contributed by atoms with E-state index in [1.54, 1.807) is 12.4 Å². The Bertz CT molecular complexity index is 447. The van der Waals surface area contributed by atoms with Crippen LogP contribution in [-0.2, 0) is 0 Å². The lowest BCUT2D eigenvalue weighted by atomic mass is 10.3. The zero-order chi connectivity index (χ0) is 10.8. The molecule has 0 bridgehead atoms. The first-order valence-electron chi connectivity index (χ1n) is 4.08. The normalized spacial score (nSPS) is 10.3. The molecule has 0 spiro atoms. The van der Waals surface area contributed by atoms with Crippen molar-refractivity contribution < 1.29 is 4.39 Å².